The molecule has 0 saturated carbocycles. The lowest BCUT2D eigenvalue weighted by Gasteiger charge is -2.55. The van der Waals surface area contributed by atoms with Crippen LogP contribution in [0.2, 0.25) is 0 Å². The summed E-state index contributed by atoms with van der Waals surface area (Å²) in [5.41, 5.74) is -2.22. The van der Waals surface area contributed by atoms with Gasteiger partial charge in [-0.05, 0) is 33.7 Å². The molecule has 1 aromatic heterocycles. The summed E-state index contributed by atoms with van der Waals surface area (Å²) in [4.78, 5) is 50.3. The summed E-state index contributed by atoms with van der Waals surface area (Å²) in [6.07, 6.45) is -1.73. The molecule has 2 amide bonds. The lowest BCUT2D eigenvalue weighted by molar-refractivity contribution is -0.258. The molecule has 1 fully saturated rings. The summed E-state index contributed by atoms with van der Waals surface area (Å²) < 4.78 is 12.4. The van der Waals surface area contributed by atoms with Crippen LogP contribution in [0.3, 0.4) is 0 Å². The predicted molar refractivity (Wildman–Crippen MR) is 117 cm³/mol. The minimum atomic E-state index is -2.01. The van der Waals surface area contributed by atoms with Crippen molar-refractivity contribution in [1.29, 1.82) is 0 Å². The van der Waals surface area contributed by atoms with Gasteiger partial charge in [0.25, 0.3) is 11.6 Å². The molecule has 190 valence electrons. The monoisotopic (exact) mass is 520 g/mol. The number of aryl methyl sites for hydroxylation is 1. The second kappa shape index (κ2) is 9.56. The molecule has 3 heterocycles. The first-order valence-electron chi connectivity index (χ1n) is 10.3. The standard InChI is InChI=1S/C20H20N6O9S/c1-25-19(22-23-24-25)36-8-10-7-35-18-20(34-2,17(33)26(18)14(10)16(31)32)21-13(28)5-9-3-4-11(27)6-12(9)15(29)30/h3-4,6,18,27H,5,7-8H2,1-2H3,(H,21,28)(H,29,30)(H,31,32). The van der Waals surface area contributed by atoms with Crippen molar-refractivity contribution in [2.24, 2.45) is 7.05 Å². The largest absolute Gasteiger partial charge is 0.508 e. The molecule has 0 aliphatic carbocycles. The van der Waals surface area contributed by atoms with Crippen LogP contribution in [0.5, 0.6) is 5.75 Å². The highest BCUT2D eigenvalue weighted by atomic mass is 32.2. The van der Waals surface area contributed by atoms with Crippen LogP contribution >= 0.6 is 11.8 Å². The number of fused-ring (bicyclic) bond motifs is 1. The Bertz CT molecular complexity index is 1290. The van der Waals surface area contributed by atoms with Crippen molar-refractivity contribution in [2.45, 2.75) is 23.5 Å². The van der Waals surface area contributed by atoms with Crippen molar-refractivity contribution in [3.05, 3.63) is 40.6 Å². The molecule has 0 radical (unpaired) electrons. The molecule has 4 rings (SSSR count). The first-order valence-corrected chi connectivity index (χ1v) is 11.2. The van der Waals surface area contributed by atoms with Crippen molar-refractivity contribution >= 4 is 35.5 Å². The number of aromatic carboxylic acids is 1. The maximum absolute atomic E-state index is 13.1. The van der Waals surface area contributed by atoms with Gasteiger partial charge in [0.1, 0.15) is 11.4 Å². The highest BCUT2D eigenvalue weighted by Gasteiger charge is 2.67. The van der Waals surface area contributed by atoms with E-state index in [4.69, 9.17) is 9.47 Å². The highest BCUT2D eigenvalue weighted by Crippen LogP contribution is 2.41. The van der Waals surface area contributed by atoms with Crippen molar-refractivity contribution in [2.75, 3.05) is 19.5 Å². The van der Waals surface area contributed by atoms with E-state index >= 15 is 0 Å². The van der Waals surface area contributed by atoms with E-state index in [1.807, 2.05) is 0 Å². The lowest BCUT2D eigenvalue weighted by atomic mass is 9.94. The van der Waals surface area contributed by atoms with Crippen LogP contribution < -0.4 is 5.32 Å². The number of phenols is 1. The number of hydrogen-bond donors (Lipinski definition) is 4. The maximum Gasteiger partial charge on any atom is 0.352 e. The van der Waals surface area contributed by atoms with Gasteiger partial charge in [0, 0.05) is 19.9 Å². The van der Waals surface area contributed by atoms with Gasteiger partial charge in [0.2, 0.25) is 11.1 Å². The quantitative estimate of drug-likeness (QED) is 0.177. The van der Waals surface area contributed by atoms with E-state index in [0.717, 1.165) is 29.8 Å². The second-order valence-corrected chi connectivity index (χ2v) is 8.72. The van der Waals surface area contributed by atoms with Gasteiger partial charge in [0.15, 0.2) is 6.23 Å². The molecule has 2 unspecified atom stereocenters. The van der Waals surface area contributed by atoms with E-state index in [-0.39, 0.29) is 34.9 Å². The number of nitrogens with one attached hydrogen (secondary N) is 1. The maximum atomic E-state index is 13.1. The predicted octanol–water partition coefficient (Wildman–Crippen LogP) is -1.06. The number of β-lactam (4-membered cyclic amide) rings is 1. The summed E-state index contributed by atoms with van der Waals surface area (Å²) in [7, 11) is 2.77. The Kier molecular flexibility index (Phi) is 6.66. The van der Waals surface area contributed by atoms with Crippen LogP contribution in [0.15, 0.2) is 34.6 Å². The molecule has 4 N–H and O–H groups in total. The molecule has 2 aliphatic rings. The number of benzene rings is 1. The molecular weight excluding hydrogens is 500 g/mol. The number of phenolic OH excluding ortho intramolecular Hbond substituents is 1. The zero-order valence-corrected chi connectivity index (χ0v) is 19.7. The number of hydrogen-bond acceptors (Lipinski definition) is 11. The van der Waals surface area contributed by atoms with Gasteiger partial charge in [-0.25, -0.2) is 14.3 Å². The fraction of sp³-hybridized carbons (Fsp3) is 0.350. The van der Waals surface area contributed by atoms with E-state index in [9.17, 15) is 34.5 Å². The fourth-order valence-electron chi connectivity index (χ4n) is 3.89. The van der Waals surface area contributed by atoms with Gasteiger partial charge >= 0.3 is 11.9 Å². The third kappa shape index (κ3) is 4.25. The molecule has 2 aliphatic heterocycles. The van der Waals surface area contributed by atoms with E-state index in [2.05, 4.69) is 20.8 Å². The number of aliphatic carboxylic acids is 1. The van der Waals surface area contributed by atoms with Crippen LogP contribution in [0.1, 0.15) is 15.9 Å². The van der Waals surface area contributed by atoms with Crippen LogP contribution in [-0.4, -0.2) is 95.6 Å². The van der Waals surface area contributed by atoms with E-state index < -0.39 is 42.1 Å². The zero-order valence-electron chi connectivity index (χ0n) is 18.9. The van der Waals surface area contributed by atoms with Gasteiger partial charge < -0.3 is 30.1 Å². The molecule has 15 nitrogen and oxygen atoms in total. The van der Waals surface area contributed by atoms with Crippen LogP contribution in [-0.2, 0) is 37.3 Å². The number of carboxylic acid groups (broad SMARTS) is 2. The average molecular weight is 520 g/mol. The van der Waals surface area contributed by atoms with E-state index in [0.29, 0.717) is 10.7 Å². The second-order valence-electron chi connectivity index (χ2n) is 7.78. The SMILES string of the molecule is COC1(NC(=O)Cc2ccc(O)cc2C(=O)O)C(=O)N2C(C(=O)O)=C(CSc3nnnn3C)COC21. The van der Waals surface area contributed by atoms with Crippen LogP contribution in [0, 0.1) is 0 Å². The van der Waals surface area contributed by atoms with Gasteiger partial charge in [-0.1, -0.05) is 17.8 Å². The van der Waals surface area contributed by atoms with Gasteiger partial charge in [-0.2, -0.15) is 0 Å². The number of carbonyl (C=O) groups excluding carboxylic acids is 2. The Morgan fingerprint density at radius 3 is 2.67 bits per heavy atom. The summed E-state index contributed by atoms with van der Waals surface area (Å²) in [6, 6.07) is 3.49. The number of nitrogens with zero attached hydrogens (tertiary/aromatic N) is 5. The number of thioether (sulfide) groups is 1. The van der Waals surface area contributed by atoms with Gasteiger partial charge in [-0.15, -0.1) is 5.10 Å². The number of ether oxygens (including phenoxy) is 2. The fourth-order valence-corrected chi connectivity index (χ4v) is 4.73. The van der Waals surface area contributed by atoms with E-state index in [1.54, 1.807) is 7.05 Å². The molecule has 1 aromatic carbocycles. The Balaban J connectivity index is 1.54. The summed E-state index contributed by atoms with van der Waals surface area (Å²) in [5, 5.41) is 42.6. The third-order valence-electron chi connectivity index (χ3n) is 5.59. The van der Waals surface area contributed by atoms with Crippen LogP contribution in [0.4, 0.5) is 0 Å². The number of aromatic hydroxyl groups is 1. The number of amides is 2. The summed E-state index contributed by atoms with van der Waals surface area (Å²) in [5.74, 6) is -4.53. The average Bonchev–Trinajstić information content (AvgIpc) is 3.25. The molecule has 2 aromatic rings. The number of aromatic nitrogens is 4. The Hall–Kier alpha value is -4.02. The smallest absolute Gasteiger partial charge is 0.352 e. The summed E-state index contributed by atoms with van der Waals surface area (Å²) >= 11 is 1.15. The number of carbonyl (C=O) groups is 4. The molecule has 16 heteroatoms. The first kappa shape index (κ1) is 25.1. The first-order chi connectivity index (χ1) is 17.1. The lowest BCUT2D eigenvalue weighted by Crippen LogP contribution is -2.82. The summed E-state index contributed by atoms with van der Waals surface area (Å²) in [6.45, 7) is -0.170. The number of tetrazole rings is 1. The molecule has 0 bridgehead atoms. The van der Waals surface area contributed by atoms with Gasteiger partial charge in [0.05, 0.1) is 18.6 Å². The minimum absolute atomic E-state index is 0.0842. The van der Waals surface area contributed by atoms with Crippen LogP contribution in [0.25, 0.3) is 0 Å². The topological polar surface area (TPSA) is 206 Å². The zero-order chi connectivity index (χ0) is 26.2. The Morgan fingerprint density at radius 1 is 1.31 bits per heavy atom. The number of methoxy groups -OCH3 is 1. The molecule has 0 spiro atoms. The van der Waals surface area contributed by atoms with Gasteiger partial charge in [-0.3, -0.25) is 14.5 Å². The normalized spacial score (nSPS) is 21.1. The van der Waals surface area contributed by atoms with E-state index in [1.165, 1.54) is 16.8 Å². The molecule has 1 saturated heterocycles. The highest BCUT2D eigenvalue weighted by molar-refractivity contribution is 7.99. The van der Waals surface area contributed by atoms with Crippen molar-refractivity contribution in [3.63, 3.8) is 0 Å². The molecule has 36 heavy (non-hydrogen) atoms. The third-order valence-corrected chi connectivity index (χ3v) is 6.69. The molecular formula is C20H20N6O9S. The minimum Gasteiger partial charge on any atom is -0.508 e. The Labute approximate surface area is 206 Å². The molecule has 2 atom stereocenters. The Morgan fingerprint density at radius 2 is 2.06 bits per heavy atom. The number of carboxylic acids is 2. The van der Waals surface area contributed by atoms with Crippen molar-refractivity contribution in [3.8, 4) is 5.75 Å². The van der Waals surface area contributed by atoms with Crippen molar-refractivity contribution in [1.82, 2.24) is 30.4 Å². The van der Waals surface area contributed by atoms with Crippen molar-refractivity contribution < 1.29 is 44.0 Å². The number of rotatable bonds is 9.